The van der Waals surface area contributed by atoms with Crippen LogP contribution < -0.4 is 5.32 Å². The smallest absolute Gasteiger partial charge is 0.194 e. The maximum absolute atomic E-state index is 5.98. The number of nitrogens with one attached hydrogen (secondary N) is 1. The van der Waals surface area contributed by atoms with E-state index in [-0.39, 0.29) is 0 Å². The number of hydrogen-bond acceptors (Lipinski definition) is 3. The number of benzene rings is 1. The first-order valence-electron chi connectivity index (χ1n) is 6.17. The van der Waals surface area contributed by atoms with Crippen LogP contribution in [0.4, 0.5) is 5.69 Å². The summed E-state index contributed by atoms with van der Waals surface area (Å²) in [5, 5.41) is 4.22. The predicted molar refractivity (Wildman–Crippen MR) is 94.0 cm³/mol. The van der Waals surface area contributed by atoms with Crippen molar-refractivity contribution < 1.29 is 0 Å². The Labute approximate surface area is 140 Å². The molecule has 0 aliphatic heterocycles. The van der Waals surface area contributed by atoms with Gasteiger partial charge in [-0.25, -0.2) is 4.98 Å². The van der Waals surface area contributed by atoms with Gasteiger partial charge < -0.3 is 5.32 Å². The van der Waals surface area contributed by atoms with Crippen molar-refractivity contribution in [1.82, 2.24) is 9.38 Å². The van der Waals surface area contributed by atoms with Crippen LogP contribution in [0.2, 0.25) is 5.02 Å². The highest BCUT2D eigenvalue weighted by Crippen LogP contribution is 2.25. The van der Waals surface area contributed by atoms with E-state index >= 15 is 0 Å². The number of imidazole rings is 1. The molecular formula is C14H13ClIN3S. The Morgan fingerprint density at radius 3 is 2.95 bits per heavy atom. The lowest BCUT2D eigenvalue weighted by Crippen LogP contribution is -2.04. The van der Waals surface area contributed by atoms with Crippen LogP contribution in [0.1, 0.15) is 16.3 Å². The zero-order valence-electron chi connectivity index (χ0n) is 11.1. The van der Waals surface area contributed by atoms with Gasteiger partial charge in [-0.1, -0.05) is 11.6 Å². The van der Waals surface area contributed by atoms with Gasteiger partial charge in [-0.3, -0.25) is 4.40 Å². The molecule has 0 aliphatic rings. The number of hydrogen-bond donors (Lipinski definition) is 1. The fourth-order valence-electron chi connectivity index (χ4n) is 2.13. The summed E-state index contributed by atoms with van der Waals surface area (Å²) in [5.41, 5.74) is 3.37. The third-order valence-corrected chi connectivity index (χ3v) is 5.14. The van der Waals surface area contributed by atoms with E-state index in [0.29, 0.717) is 0 Å². The van der Waals surface area contributed by atoms with Gasteiger partial charge in [0, 0.05) is 25.4 Å². The van der Waals surface area contributed by atoms with Crippen LogP contribution in [-0.2, 0) is 6.54 Å². The Morgan fingerprint density at radius 1 is 1.40 bits per heavy atom. The van der Waals surface area contributed by atoms with E-state index in [1.165, 1.54) is 10.6 Å². The Morgan fingerprint density at radius 2 is 2.20 bits per heavy atom. The van der Waals surface area contributed by atoms with E-state index in [9.17, 15) is 0 Å². The van der Waals surface area contributed by atoms with Crippen LogP contribution in [-0.4, -0.2) is 9.38 Å². The highest BCUT2D eigenvalue weighted by Gasteiger charge is 2.11. The fourth-order valence-corrected chi connectivity index (χ4v) is 4.09. The largest absolute Gasteiger partial charge is 0.379 e. The minimum absolute atomic E-state index is 0.751. The van der Waals surface area contributed by atoms with Gasteiger partial charge in [-0.2, -0.15) is 0 Å². The van der Waals surface area contributed by atoms with Crippen molar-refractivity contribution in [1.29, 1.82) is 0 Å². The van der Waals surface area contributed by atoms with Crippen molar-refractivity contribution >= 4 is 56.2 Å². The number of nitrogens with zero attached hydrogens (tertiary/aromatic N) is 2. The quantitative estimate of drug-likeness (QED) is 0.615. The van der Waals surface area contributed by atoms with Crippen molar-refractivity contribution in [2.45, 2.75) is 20.4 Å². The molecule has 3 nitrogen and oxygen atoms in total. The van der Waals surface area contributed by atoms with Gasteiger partial charge in [-0.05, 0) is 54.6 Å². The molecule has 1 N–H and O–H groups in total. The number of aryl methyl sites for hydroxylation is 2. The van der Waals surface area contributed by atoms with E-state index in [4.69, 9.17) is 11.6 Å². The predicted octanol–water partition coefficient (Wildman–Crippen LogP) is 4.88. The molecule has 104 valence electrons. The molecule has 2 aromatic heterocycles. The van der Waals surface area contributed by atoms with Crippen molar-refractivity contribution in [2.24, 2.45) is 0 Å². The molecule has 20 heavy (non-hydrogen) atoms. The molecule has 6 heteroatoms. The molecule has 2 heterocycles. The second-order valence-corrected chi connectivity index (χ2v) is 7.43. The molecule has 0 saturated heterocycles. The van der Waals surface area contributed by atoms with Gasteiger partial charge in [0.2, 0.25) is 0 Å². The summed E-state index contributed by atoms with van der Waals surface area (Å²) in [6.45, 7) is 4.91. The van der Waals surface area contributed by atoms with Gasteiger partial charge >= 0.3 is 0 Å². The summed E-state index contributed by atoms with van der Waals surface area (Å²) < 4.78 is 3.29. The fraction of sp³-hybridized carbons (Fsp3) is 0.214. The minimum Gasteiger partial charge on any atom is -0.379 e. The monoisotopic (exact) mass is 417 g/mol. The summed E-state index contributed by atoms with van der Waals surface area (Å²) in [5.74, 6) is 0. The SMILES string of the molecule is Cc1cn2c(CNc3ccc(Cl)cc3I)c(C)nc2s1. The summed E-state index contributed by atoms with van der Waals surface area (Å²) in [7, 11) is 0. The molecule has 1 aromatic carbocycles. The molecule has 0 spiro atoms. The Kier molecular flexibility index (Phi) is 3.92. The topological polar surface area (TPSA) is 29.3 Å². The molecule has 0 fully saturated rings. The Bertz CT molecular complexity index is 778. The molecular weight excluding hydrogens is 405 g/mol. The van der Waals surface area contributed by atoms with E-state index in [0.717, 1.165) is 31.5 Å². The number of halogens is 2. The third-order valence-electron chi connectivity index (χ3n) is 3.12. The normalized spacial score (nSPS) is 11.2. The van der Waals surface area contributed by atoms with Gasteiger partial charge in [0.15, 0.2) is 4.96 Å². The number of rotatable bonds is 3. The van der Waals surface area contributed by atoms with Crippen molar-refractivity contribution in [3.8, 4) is 0 Å². The second-order valence-electron chi connectivity index (χ2n) is 4.62. The van der Waals surface area contributed by atoms with E-state index < -0.39 is 0 Å². The molecule has 3 rings (SSSR count). The third kappa shape index (κ3) is 2.66. The molecule has 0 radical (unpaired) electrons. The van der Waals surface area contributed by atoms with Crippen molar-refractivity contribution in [2.75, 3.05) is 5.32 Å². The van der Waals surface area contributed by atoms with Crippen LogP contribution in [0.3, 0.4) is 0 Å². The molecule has 0 aliphatic carbocycles. The molecule has 0 saturated carbocycles. The number of thiazole rings is 1. The van der Waals surface area contributed by atoms with Gasteiger partial charge in [0.1, 0.15) is 0 Å². The molecule has 0 bridgehead atoms. The van der Waals surface area contributed by atoms with Gasteiger partial charge in [-0.15, -0.1) is 11.3 Å². The van der Waals surface area contributed by atoms with Crippen LogP contribution in [0.5, 0.6) is 0 Å². The molecule has 0 amide bonds. The van der Waals surface area contributed by atoms with Crippen LogP contribution in [0, 0.1) is 17.4 Å². The Balaban J connectivity index is 1.87. The van der Waals surface area contributed by atoms with Crippen LogP contribution in [0.25, 0.3) is 4.96 Å². The summed E-state index contributed by atoms with van der Waals surface area (Å²) in [6.07, 6.45) is 2.14. The average molecular weight is 418 g/mol. The van der Waals surface area contributed by atoms with Gasteiger partial charge in [0.05, 0.1) is 17.9 Å². The Hall–Kier alpha value is -0.790. The number of aromatic nitrogens is 2. The van der Waals surface area contributed by atoms with E-state index in [2.05, 4.69) is 57.3 Å². The van der Waals surface area contributed by atoms with Crippen molar-refractivity contribution in [3.05, 3.63) is 49.3 Å². The summed E-state index contributed by atoms with van der Waals surface area (Å²) in [4.78, 5) is 6.93. The lowest BCUT2D eigenvalue weighted by molar-refractivity contribution is 0.990. The summed E-state index contributed by atoms with van der Waals surface area (Å²) in [6, 6.07) is 5.87. The van der Waals surface area contributed by atoms with E-state index in [1.54, 1.807) is 11.3 Å². The maximum atomic E-state index is 5.98. The standard InChI is InChI=1S/C14H13ClIN3S/c1-8-7-19-13(9(2)18-14(19)20-8)6-17-12-4-3-10(15)5-11(12)16/h3-5,7,17H,6H2,1-2H3. The summed E-state index contributed by atoms with van der Waals surface area (Å²) >= 11 is 9.99. The first kappa shape index (κ1) is 14.2. The number of anilines is 1. The van der Waals surface area contributed by atoms with Crippen LogP contribution >= 0.6 is 45.5 Å². The highest BCUT2D eigenvalue weighted by molar-refractivity contribution is 14.1. The minimum atomic E-state index is 0.751. The lowest BCUT2D eigenvalue weighted by atomic mass is 10.3. The van der Waals surface area contributed by atoms with Crippen molar-refractivity contribution in [3.63, 3.8) is 0 Å². The second kappa shape index (κ2) is 5.54. The zero-order valence-corrected chi connectivity index (χ0v) is 14.8. The first-order chi connectivity index (χ1) is 9.54. The van der Waals surface area contributed by atoms with Gasteiger partial charge in [0.25, 0.3) is 0 Å². The van der Waals surface area contributed by atoms with Crippen LogP contribution in [0.15, 0.2) is 24.4 Å². The first-order valence-corrected chi connectivity index (χ1v) is 8.45. The molecule has 3 aromatic rings. The highest BCUT2D eigenvalue weighted by atomic mass is 127. The zero-order chi connectivity index (χ0) is 14.3. The van der Waals surface area contributed by atoms with E-state index in [1.807, 2.05) is 18.2 Å². The maximum Gasteiger partial charge on any atom is 0.194 e. The lowest BCUT2D eigenvalue weighted by Gasteiger charge is -2.09. The molecule has 0 atom stereocenters. The average Bonchev–Trinajstić information content (AvgIpc) is 2.84. The molecule has 0 unspecified atom stereocenters. The number of fused-ring (bicyclic) bond motifs is 1.